The van der Waals surface area contributed by atoms with Gasteiger partial charge in [-0.25, -0.2) is 4.39 Å². The van der Waals surface area contributed by atoms with E-state index in [9.17, 15) is 4.39 Å². The zero-order chi connectivity index (χ0) is 10.8. The molecule has 0 aliphatic heterocycles. The third-order valence-electron chi connectivity index (χ3n) is 2.77. The largest absolute Gasteiger partial charge is 0.516 e. The molecule has 1 saturated carbocycles. The summed E-state index contributed by atoms with van der Waals surface area (Å²) in [6.07, 6.45) is 3.81. The molecule has 0 amide bonds. The highest BCUT2D eigenvalue weighted by Gasteiger charge is 2.38. The predicted molar refractivity (Wildman–Crippen MR) is 55.6 cm³/mol. The van der Waals surface area contributed by atoms with Crippen LogP contribution in [0.15, 0.2) is 30.5 Å². The van der Waals surface area contributed by atoms with Gasteiger partial charge in [-0.2, -0.15) is 0 Å². The summed E-state index contributed by atoms with van der Waals surface area (Å²) < 4.78 is 18.1. The van der Waals surface area contributed by atoms with Gasteiger partial charge in [-0.15, -0.1) is 0 Å². The Morgan fingerprint density at radius 3 is 3.00 bits per heavy atom. The summed E-state index contributed by atoms with van der Waals surface area (Å²) >= 11 is 0. The van der Waals surface area contributed by atoms with Crippen molar-refractivity contribution >= 4 is 0 Å². The normalized spacial score (nSPS) is 24.4. The van der Waals surface area contributed by atoms with Crippen molar-refractivity contribution < 1.29 is 14.2 Å². The molecule has 0 aromatic heterocycles. The summed E-state index contributed by atoms with van der Waals surface area (Å²) in [5, 5.41) is 8.64. The van der Waals surface area contributed by atoms with E-state index in [4.69, 9.17) is 9.84 Å². The number of hydrogen-bond donors (Lipinski definition) is 1. The third kappa shape index (κ3) is 1.96. The van der Waals surface area contributed by atoms with Crippen LogP contribution in [-0.2, 0) is 0 Å². The molecule has 2 nitrogen and oxygen atoms in total. The van der Waals surface area contributed by atoms with Crippen LogP contribution in [0.4, 0.5) is 4.39 Å². The second-order valence-electron chi connectivity index (χ2n) is 3.73. The predicted octanol–water partition coefficient (Wildman–Crippen LogP) is 3.01. The summed E-state index contributed by atoms with van der Waals surface area (Å²) in [5.74, 6) is 1.01. The number of methoxy groups -OCH3 is 1. The topological polar surface area (TPSA) is 29.5 Å². The molecule has 1 N–H and O–H groups in total. The first-order valence-electron chi connectivity index (χ1n) is 4.90. The molecule has 1 aromatic rings. The Morgan fingerprint density at radius 2 is 2.33 bits per heavy atom. The molecule has 80 valence electrons. The van der Waals surface area contributed by atoms with E-state index in [1.807, 2.05) is 0 Å². The molecule has 15 heavy (non-hydrogen) atoms. The minimum absolute atomic E-state index is 0.287. The first-order chi connectivity index (χ1) is 7.26. The Balaban J connectivity index is 2.22. The molecule has 2 atom stereocenters. The molecule has 1 fully saturated rings. The van der Waals surface area contributed by atoms with Crippen molar-refractivity contribution in [1.29, 1.82) is 0 Å². The fraction of sp³-hybridized carbons (Fsp3) is 0.333. The van der Waals surface area contributed by atoms with E-state index in [2.05, 4.69) is 0 Å². The number of hydrogen-bond acceptors (Lipinski definition) is 2. The average molecular weight is 208 g/mol. The Morgan fingerprint density at radius 1 is 1.53 bits per heavy atom. The van der Waals surface area contributed by atoms with E-state index in [1.54, 1.807) is 12.1 Å². The van der Waals surface area contributed by atoms with Crippen LogP contribution in [0.25, 0.3) is 0 Å². The van der Waals surface area contributed by atoms with Gasteiger partial charge in [0.2, 0.25) is 0 Å². The minimum atomic E-state index is -0.287. The van der Waals surface area contributed by atoms with Crippen LogP contribution in [0.2, 0.25) is 0 Å². The standard InChI is InChI=1S/C12H13FO2/c1-15-12-7-9(13)2-3-10(12)11-6-8(11)4-5-14/h2-5,7-8,11,14H,6H2,1H3/b5-4+/t8?,11-/m0/s1. The number of rotatable bonds is 3. The first-order valence-corrected chi connectivity index (χ1v) is 4.90. The lowest BCUT2D eigenvalue weighted by atomic mass is 10.1. The lowest BCUT2D eigenvalue weighted by Gasteiger charge is -2.07. The summed E-state index contributed by atoms with van der Waals surface area (Å²) in [6.45, 7) is 0. The van der Waals surface area contributed by atoms with E-state index >= 15 is 0 Å². The van der Waals surface area contributed by atoms with Crippen LogP contribution in [0, 0.1) is 11.7 Å². The molecule has 0 saturated heterocycles. The van der Waals surface area contributed by atoms with Gasteiger partial charge in [-0.05, 0) is 36.0 Å². The van der Waals surface area contributed by atoms with Gasteiger partial charge in [-0.1, -0.05) is 6.07 Å². The smallest absolute Gasteiger partial charge is 0.126 e. The monoisotopic (exact) mass is 208 g/mol. The lowest BCUT2D eigenvalue weighted by Crippen LogP contribution is -1.92. The molecular formula is C12H13FO2. The van der Waals surface area contributed by atoms with Crippen molar-refractivity contribution in [2.24, 2.45) is 5.92 Å². The maximum absolute atomic E-state index is 12.9. The molecular weight excluding hydrogens is 195 g/mol. The molecule has 0 heterocycles. The van der Waals surface area contributed by atoms with E-state index in [1.165, 1.54) is 19.2 Å². The molecule has 0 bridgehead atoms. The Kier molecular flexibility index (Phi) is 2.62. The van der Waals surface area contributed by atoms with Crippen LogP contribution in [0.5, 0.6) is 5.75 Å². The van der Waals surface area contributed by atoms with Crippen molar-refractivity contribution in [2.45, 2.75) is 12.3 Å². The van der Waals surface area contributed by atoms with Gasteiger partial charge in [-0.3, -0.25) is 0 Å². The number of ether oxygens (including phenoxy) is 1. The Labute approximate surface area is 88.0 Å². The third-order valence-corrected chi connectivity index (χ3v) is 2.77. The SMILES string of the molecule is COc1cc(F)ccc1[C@H]1CC1/C=C/O. The molecule has 2 rings (SSSR count). The number of aliphatic hydroxyl groups excluding tert-OH is 1. The molecule has 3 heteroatoms. The van der Waals surface area contributed by atoms with E-state index in [0.29, 0.717) is 17.6 Å². The lowest BCUT2D eigenvalue weighted by molar-refractivity contribution is 0.406. The van der Waals surface area contributed by atoms with Crippen LogP contribution in [-0.4, -0.2) is 12.2 Å². The van der Waals surface area contributed by atoms with Crippen LogP contribution in [0.3, 0.4) is 0 Å². The second-order valence-corrected chi connectivity index (χ2v) is 3.73. The number of benzene rings is 1. The van der Waals surface area contributed by atoms with Crippen molar-refractivity contribution in [3.8, 4) is 5.75 Å². The molecule has 1 aliphatic carbocycles. The summed E-state index contributed by atoms with van der Waals surface area (Å²) in [7, 11) is 1.54. The first kappa shape index (κ1) is 10.0. The van der Waals surface area contributed by atoms with E-state index in [-0.39, 0.29) is 5.82 Å². The maximum Gasteiger partial charge on any atom is 0.126 e. The van der Waals surface area contributed by atoms with Crippen LogP contribution >= 0.6 is 0 Å². The Bertz CT molecular complexity index is 387. The number of aliphatic hydroxyl groups is 1. The fourth-order valence-corrected chi connectivity index (χ4v) is 1.89. The molecule has 1 unspecified atom stereocenters. The summed E-state index contributed by atoms with van der Waals surface area (Å²) in [5.41, 5.74) is 1.02. The van der Waals surface area contributed by atoms with Gasteiger partial charge in [0.1, 0.15) is 11.6 Å². The molecule has 1 aromatic carbocycles. The zero-order valence-electron chi connectivity index (χ0n) is 8.48. The number of allylic oxidation sites excluding steroid dienone is 1. The molecule has 0 spiro atoms. The van der Waals surface area contributed by atoms with Gasteiger partial charge in [0.15, 0.2) is 0 Å². The van der Waals surface area contributed by atoms with Crippen LogP contribution in [0.1, 0.15) is 17.9 Å². The van der Waals surface area contributed by atoms with Gasteiger partial charge < -0.3 is 9.84 Å². The van der Waals surface area contributed by atoms with Gasteiger partial charge in [0.25, 0.3) is 0 Å². The highest BCUT2D eigenvalue weighted by molar-refractivity contribution is 5.41. The average Bonchev–Trinajstić information content (AvgIpc) is 2.97. The number of halogens is 1. The molecule has 1 aliphatic rings. The van der Waals surface area contributed by atoms with Gasteiger partial charge >= 0.3 is 0 Å². The second kappa shape index (κ2) is 3.93. The quantitative estimate of drug-likeness (QED) is 0.774. The van der Waals surface area contributed by atoms with Crippen molar-refractivity contribution in [2.75, 3.05) is 7.11 Å². The van der Waals surface area contributed by atoms with E-state index in [0.717, 1.165) is 18.2 Å². The highest BCUT2D eigenvalue weighted by atomic mass is 19.1. The summed E-state index contributed by atoms with van der Waals surface area (Å²) in [6, 6.07) is 4.59. The van der Waals surface area contributed by atoms with Crippen molar-refractivity contribution in [3.63, 3.8) is 0 Å². The fourth-order valence-electron chi connectivity index (χ4n) is 1.89. The minimum Gasteiger partial charge on any atom is -0.516 e. The highest BCUT2D eigenvalue weighted by Crippen LogP contribution is 2.51. The van der Waals surface area contributed by atoms with Gasteiger partial charge in [0, 0.05) is 6.07 Å². The summed E-state index contributed by atoms with van der Waals surface area (Å²) in [4.78, 5) is 0. The van der Waals surface area contributed by atoms with Crippen LogP contribution < -0.4 is 4.74 Å². The Hall–Kier alpha value is -1.51. The zero-order valence-corrected chi connectivity index (χ0v) is 8.48. The molecule has 0 radical (unpaired) electrons. The van der Waals surface area contributed by atoms with Crippen molar-refractivity contribution in [1.82, 2.24) is 0 Å². The van der Waals surface area contributed by atoms with E-state index < -0.39 is 0 Å². The maximum atomic E-state index is 12.9. The van der Waals surface area contributed by atoms with Gasteiger partial charge in [0.05, 0.1) is 13.4 Å². The van der Waals surface area contributed by atoms with Crippen molar-refractivity contribution in [3.05, 3.63) is 41.9 Å².